The minimum Gasteiger partial charge on any atom is -0.394 e. The van der Waals surface area contributed by atoms with Crippen LogP contribution >= 0.6 is 0 Å². The van der Waals surface area contributed by atoms with Gasteiger partial charge in [-0.3, -0.25) is 4.79 Å². The van der Waals surface area contributed by atoms with Gasteiger partial charge in [0.15, 0.2) is 0 Å². The third kappa shape index (κ3) is 34.2. The molecule has 0 bridgehead atoms. The number of nitrogens with one attached hydrogen (secondary N) is 1. The topological polar surface area (TPSA) is 89.8 Å². The van der Waals surface area contributed by atoms with E-state index in [1.807, 2.05) is 6.08 Å². The number of unbranched alkanes of at least 4 members (excludes halogenated alkanes) is 23. The highest BCUT2D eigenvalue weighted by Gasteiger charge is 2.19. The van der Waals surface area contributed by atoms with Gasteiger partial charge in [-0.2, -0.15) is 0 Å². The Morgan fingerprint density at radius 1 is 0.532 bits per heavy atom. The van der Waals surface area contributed by atoms with Crippen LogP contribution in [0, 0.1) is 0 Å². The maximum atomic E-state index is 12.4. The summed E-state index contributed by atoms with van der Waals surface area (Å²) < 4.78 is 0. The van der Waals surface area contributed by atoms with Crippen molar-refractivity contribution in [2.75, 3.05) is 6.61 Å². The second-order valence-electron chi connectivity index (χ2n) is 13.9. The molecule has 0 aromatic heterocycles. The highest BCUT2D eigenvalue weighted by molar-refractivity contribution is 5.76. The molecule has 3 unspecified atom stereocenters. The number of aliphatic hydroxyl groups is 3. The number of hydrogen-bond donors (Lipinski definition) is 4. The van der Waals surface area contributed by atoms with Gasteiger partial charge in [0.25, 0.3) is 0 Å². The van der Waals surface area contributed by atoms with Crippen LogP contribution in [0.3, 0.4) is 0 Å². The van der Waals surface area contributed by atoms with Crippen LogP contribution in [0.15, 0.2) is 36.5 Å². The third-order valence-electron chi connectivity index (χ3n) is 9.15. The maximum absolute atomic E-state index is 12.4. The number of aliphatic hydroxyl groups excluding tert-OH is 3. The van der Waals surface area contributed by atoms with Gasteiger partial charge >= 0.3 is 0 Å². The summed E-state index contributed by atoms with van der Waals surface area (Å²) in [5.74, 6) is -0.343. The van der Waals surface area contributed by atoms with Gasteiger partial charge in [-0.15, -0.1) is 0 Å². The number of hydrogen-bond acceptors (Lipinski definition) is 4. The van der Waals surface area contributed by atoms with E-state index in [1.165, 1.54) is 135 Å². The Labute approximate surface area is 292 Å². The number of carbonyl (C=O) groups is 1. The first kappa shape index (κ1) is 45.6. The standard InChI is InChI=1S/C42H79NO4/c1-3-5-7-9-11-13-15-16-17-18-19-20-21-22-23-24-26-28-30-32-34-36-41(46)40(38-44)43-42(47)37-39(45)35-33-31-29-27-25-14-12-10-8-6-4-2/h26-29,34,36,39-41,44-46H,3-25,30-33,35,37-38H2,1-2H3,(H,43,47)/b28-26+,29-27-,36-34+. The molecule has 0 rings (SSSR count). The second-order valence-corrected chi connectivity index (χ2v) is 13.9. The highest BCUT2D eigenvalue weighted by atomic mass is 16.3. The Morgan fingerprint density at radius 2 is 0.915 bits per heavy atom. The van der Waals surface area contributed by atoms with Gasteiger partial charge in [0.1, 0.15) is 0 Å². The van der Waals surface area contributed by atoms with Crippen molar-refractivity contribution in [2.24, 2.45) is 0 Å². The van der Waals surface area contributed by atoms with Crippen LogP contribution < -0.4 is 5.32 Å². The highest BCUT2D eigenvalue weighted by Crippen LogP contribution is 2.14. The summed E-state index contributed by atoms with van der Waals surface area (Å²) in [4.78, 5) is 12.4. The van der Waals surface area contributed by atoms with E-state index < -0.39 is 18.2 Å². The summed E-state index contributed by atoms with van der Waals surface area (Å²) in [6, 6.07) is -0.767. The van der Waals surface area contributed by atoms with Crippen LogP contribution in [0.2, 0.25) is 0 Å². The number of allylic oxidation sites excluding steroid dienone is 5. The lowest BCUT2D eigenvalue weighted by atomic mass is 10.0. The zero-order chi connectivity index (χ0) is 34.5. The molecule has 5 heteroatoms. The first-order valence-electron chi connectivity index (χ1n) is 20.3. The minimum atomic E-state index is -0.956. The van der Waals surface area contributed by atoms with Crippen LogP contribution in [0.1, 0.15) is 200 Å². The zero-order valence-electron chi connectivity index (χ0n) is 31.2. The van der Waals surface area contributed by atoms with Crippen molar-refractivity contribution < 1.29 is 20.1 Å². The summed E-state index contributed by atoms with van der Waals surface area (Å²) in [5.41, 5.74) is 0. The van der Waals surface area contributed by atoms with Gasteiger partial charge in [-0.25, -0.2) is 0 Å². The van der Waals surface area contributed by atoms with E-state index in [0.717, 1.165) is 38.5 Å². The summed E-state index contributed by atoms with van der Waals surface area (Å²) >= 11 is 0. The summed E-state index contributed by atoms with van der Waals surface area (Å²) in [6.07, 6.45) is 45.7. The smallest absolute Gasteiger partial charge is 0.222 e. The van der Waals surface area contributed by atoms with E-state index >= 15 is 0 Å². The molecule has 0 aromatic carbocycles. The van der Waals surface area contributed by atoms with Gasteiger partial charge in [-0.05, 0) is 57.8 Å². The molecule has 0 aromatic rings. The Balaban J connectivity index is 3.75. The first-order chi connectivity index (χ1) is 23.0. The molecule has 3 atom stereocenters. The van der Waals surface area contributed by atoms with E-state index in [2.05, 4.69) is 43.5 Å². The molecule has 0 heterocycles. The van der Waals surface area contributed by atoms with Gasteiger partial charge in [0, 0.05) is 0 Å². The molecule has 5 nitrogen and oxygen atoms in total. The Kier molecular flexibility index (Phi) is 36.3. The van der Waals surface area contributed by atoms with Crippen molar-refractivity contribution in [3.63, 3.8) is 0 Å². The number of carbonyl (C=O) groups excluding carboxylic acids is 1. The molecular formula is C42H79NO4. The normalized spacial score (nSPS) is 14.1. The van der Waals surface area contributed by atoms with Crippen LogP contribution in [0.5, 0.6) is 0 Å². The lowest BCUT2D eigenvalue weighted by molar-refractivity contribution is -0.124. The van der Waals surface area contributed by atoms with Crippen molar-refractivity contribution >= 4 is 5.91 Å². The molecule has 0 radical (unpaired) electrons. The lowest BCUT2D eigenvalue weighted by Crippen LogP contribution is -2.45. The maximum Gasteiger partial charge on any atom is 0.222 e. The van der Waals surface area contributed by atoms with Crippen molar-refractivity contribution in [2.45, 2.75) is 218 Å². The molecule has 4 N–H and O–H groups in total. The van der Waals surface area contributed by atoms with Crippen LogP contribution in [-0.2, 0) is 4.79 Å². The molecule has 0 spiro atoms. The summed E-state index contributed by atoms with van der Waals surface area (Å²) in [7, 11) is 0. The Bertz CT molecular complexity index is 734. The monoisotopic (exact) mass is 662 g/mol. The van der Waals surface area contributed by atoms with E-state index in [4.69, 9.17) is 0 Å². The Hall–Kier alpha value is -1.43. The molecule has 0 aliphatic rings. The average Bonchev–Trinajstić information content (AvgIpc) is 3.06. The van der Waals surface area contributed by atoms with Crippen LogP contribution in [-0.4, -0.2) is 46.1 Å². The largest absolute Gasteiger partial charge is 0.394 e. The zero-order valence-corrected chi connectivity index (χ0v) is 31.2. The molecule has 0 saturated heterocycles. The Morgan fingerprint density at radius 3 is 1.36 bits per heavy atom. The fourth-order valence-electron chi connectivity index (χ4n) is 6.00. The molecule has 1 amide bonds. The fourth-order valence-corrected chi connectivity index (χ4v) is 6.00. The molecule has 0 aliphatic heterocycles. The third-order valence-corrected chi connectivity index (χ3v) is 9.15. The lowest BCUT2D eigenvalue weighted by Gasteiger charge is -2.20. The van der Waals surface area contributed by atoms with Crippen LogP contribution in [0.4, 0.5) is 0 Å². The van der Waals surface area contributed by atoms with Crippen molar-refractivity contribution in [1.82, 2.24) is 5.32 Å². The van der Waals surface area contributed by atoms with Gasteiger partial charge < -0.3 is 20.6 Å². The van der Waals surface area contributed by atoms with Crippen LogP contribution in [0.25, 0.3) is 0 Å². The molecule has 276 valence electrons. The van der Waals surface area contributed by atoms with Gasteiger partial charge in [-0.1, -0.05) is 172 Å². The van der Waals surface area contributed by atoms with E-state index in [-0.39, 0.29) is 18.9 Å². The van der Waals surface area contributed by atoms with Crippen molar-refractivity contribution in [3.8, 4) is 0 Å². The van der Waals surface area contributed by atoms with Gasteiger partial charge in [0.2, 0.25) is 5.91 Å². The second kappa shape index (κ2) is 37.4. The first-order valence-corrected chi connectivity index (χ1v) is 20.3. The number of rotatable bonds is 36. The average molecular weight is 662 g/mol. The van der Waals surface area contributed by atoms with E-state index in [9.17, 15) is 20.1 Å². The predicted molar refractivity (Wildman–Crippen MR) is 204 cm³/mol. The summed E-state index contributed by atoms with van der Waals surface area (Å²) in [5, 5.41) is 33.0. The molecule has 47 heavy (non-hydrogen) atoms. The predicted octanol–water partition coefficient (Wildman–Crippen LogP) is 11.2. The fraction of sp³-hybridized carbons (Fsp3) is 0.833. The molecule has 0 saturated carbocycles. The molecular weight excluding hydrogens is 582 g/mol. The van der Waals surface area contributed by atoms with E-state index in [0.29, 0.717) is 6.42 Å². The van der Waals surface area contributed by atoms with Crippen molar-refractivity contribution in [1.29, 1.82) is 0 Å². The van der Waals surface area contributed by atoms with E-state index in [1.54, 1.807) is 6.08 Å². The molecule has 0 aliphatic carbocycles. The number of amides is 1. The molecule has 0 fully saturated rings. The van der Waals surface area contributed by atoms with Crippen molar-refractivity contribution in [3.05, 3.63) is 36.5 Å². The van der Waals surface area contributed by atoms with Gasteiger partial charge in [0.05, 0.1) is 31.3 Å². The quantitative estimate of drug-likeness (QED) is 0.0397. The minimum absolute atomic E-state index is 0.0153. The SMILES string of the molecule is CCCCCCCC/C=C\CCCC(O)CC(=O)NC(CO)C(O)/C=C/CC/C=C/CCCCCCCCCCCCCCCCC. The summed E-state index contributed by atoms with van der Waals surface area (Å²) in [6.45, 7) is 4.17.